The summed E-state index contributed by atoms with van der Waals surface area (Å²) in [6.45, 7) is 6.35. The third-order valence-electron chi connectivity index (χ3n) is 4.06. The van der Waals surface area contributed by atoms with Gasteiger partial charge in [-0.05, 0) is 42.6 Å². The number of esters is 2. The lowest BCUT2D eigenvalue weighted by Gasteiger charge is -2.21. The fraction of sp³-hybridized carbons (Fsp3) is 0.471. The highest BCUT2D eigenvalue weighted by Gasteiger charge is 2.34. The van der Waals surface area contributed by atoms with Crippen LogP contribution in [0.25, 0.3) is 0 Å². The second-order valence-electron chi connectivity index (χ2n) is 5.73. The van der Waals surface area contributed by atoms with Crippen LogP contribution in [-0.4, -0.2) is 41.6 Å². The molecule has 2 aliphatic rings. The Kier molecular flexibility index (Phi) is 5.15. The van der Waals surface area contributed by atoms with Crippen LogP contribution in [0.3, 0.4) is 0 Å². The Morgan fingerprint density at radius 1 is 1.43 bits per heavy atom. The summed E-state index contributed by atoms with van der Waals surface area (Å²) in [5.41, 5.74) is 1.90. The second kappa shape index (κ2) is 6.91. The summed E-state index contributed by atoms with van der Waals surface area (Å²) in [6.07, 6.45) is 1.15. The molecule has 0 aromatic carbocycles. The predicted octanol–water partition coefficient (Wildman–Crippen LogP) is 1.39. The van der Waals surface area contributed by atoms with E-state index in [0.717, 1.165) is 0 Å². The quantitative estimate of drug-likeness (QED) is 0.470. The SMILES string of the molecule is C=C1CCC2=C(CO)C(=O)OC2/C=C(\C)C(OC(C)=O)CC1=O. The Labute approximate surface area is 134 Å². The monoisotopic (exact) mass is 320 g/mol. The van der Waals surface area contributed by atoms with Gasteiger partial charge in [0.15, 0.2) is 5.78 Å². The first-order valence-electron chi connectivity index (χ1n) is 7.43. The summed E-state index contributed by atoms with van der Waals surface area (Å²) in [4.78, 5) is 35.3. The summed E-state index contributed by atoms with van der Waals surface area (Å²) in [6, 6.07) is 0. The maximum absolute atomic E-state index is 12.2. The first kappa shape index (κ1) is 17.1. The van der Waals surface area contributed by atoms with Crippen molar-refractivity contribution < 1.29 is 29.0 Å². The number of Topliss-reactive ketones (excluding diaryl/α,β-unsaturated/α-hetero) is 1. The molecule has 2 rings (SSSR count). The van der Waals surface area contributed by atoms with E-state index >= 15 is 0 Å². The number of carbonyl (C=O) groups is 3. The summed E-state index contributed by atoms with van der Waals surface area (Å²) in [5.74, 6) is -1.23. The van der Waals surface area contributed by atoms with Crippen LogP contribution >= 0.6 is 0 Å². The van der Waals surface area contributed by atoms with Crippen molar-refractivity contribution in [3.8, 4) is 0 Å². The van der Waals surface area contributed by atoms with Crippen LogP contribution in [0.2, 0.25) is 0 Å². The van der Waals surface area contributed by atoms with Crippen molar-refractivity contribution in [2.75, 3.05) is 6.61 Å². The summed E-state index contributed by atoms with van der Waals surface area (Å²) < 4.78 is 10.5. The number of hydrogen-bond acceptors (Lipinski definition) is 6. The average molecular weight is 320 g/mol. The molecular formula is C17H20O6. The van der Waals surface area contributed by atoms with Gasteiger partial charge in [-0.3, -0.25) is 9.59 Å². The van der Waals surface area contributed by atoms with Gasteiger partial charge >= 0.3 is 11.9 Å². The molecular weight excluding hydrogens is 300 g/mol. The summed E-state index contributed by atoms with van der Waals surface area (Å²) >= 11 is 0. The van der Waals surface area contributed by atoms with Gasteiger partial charge in [-0.15, -0.1) is 0 Å². The molecule has 1 aliphatic heterocycles. The minimum Gasteiger partial charge on any atom is -0.458 e. The van der Waals surface area contributed by atoms with Crippen molar-refractivity contribution in [1.29, 1.82) is 0 Å². The molecule has 6 nitrogen and oxygen atoms in total. The van der Waals surface area contributed by atoms with Gasteiger partial charge in [0, 0.05) is 6.92 Å². The number of rotatable bonds is 2. The van der Waals surface area contributed by atoms with Gasteiger partial charge in [-0.2, -0.15) is 0 Å². The molecule has 6 heteroatoms. The maximum Gasteiger partial charge on any atom is 0.337 e. The normalized spacial score (nSPS) is 28.0. The predicted molar refractivity (Wildman–Crippen MR) is 81.3 cm³/mol. The molecule has 0 aromatic heterocycles. The van der Waals surface area contributed by atoms with Crippen molar-refractivity contribution in [2.45, 2.75) is 45.3 Å². The topological polar surface area (TPSA) is 89.9 Å². The van der Waals surface area contributed by atoms with Gasteiger partial charge in [0.25, 0.3) is 0 Å². The molecule has 0 saturated carbocycles. The molecule has 0 saturated heterocycles. The fourth-order valence-corrected chi connectivity index (χ4v) is 2.73. The second-order valence-corrected chi connectivity index (χ2v) is 5.73. The molecule has 1 N–H and O–H groups in total. The van der Waals surface area contributed by atoms with Crippen LogP contribution in [0.4, 0.5) is 0 Å². The molecule has 2 atom stereocenters. The van der Waals surface area contributed by atoms with E-state index in [-0.39, 0.29) is 17.8 Å². The number of carbonyl (C=O) groups excluding carboxylic acids is 3. The Bertz CT molecular complexity index is 625. The Hall–Kier alpha value is -2.21. The van der Waals surface area contributed by atoms with Crippen LogP contribution in [0.5, 0.6) is 0 Å². The van der Waals surface area contributed by atoms with Gasteiger partial charge in [-0.1, -0.05) is 6.58 Å². The molecule has 124 valence electrons. The number of hydrogen-bond donors (Lipinski definition) is 1. The lowest BCUT2D eigenvalue weighted by atomic mass is 9.90. The lowest BCUT2D eigenvalue weighted by molar-refractivity contribution is -0.146. The van der Waals surface area contributed by atoms with Gasteiger partial charge in [0.2, 0.25) is 0 Å². The Morgan fingerprint density at radius 3 is 2.74 bits per heavy atom. The first-order valence-corrected chi connectivity index (χ1v) is 7.43. The number of ether oxygens (including phenoxy) is 2. The minimum atomic E-state index is -0.715. The average Bonchev–Trinajstić information content (AvgIpc) is 2.77. The highest BCUT2D eigenvalue weighted by Crippen LogP contribution is 2.31. The highest BCUT2D eigenvalue weighted by molar-refractivity contribution is 5.96. The zero-order valence-electron chi connectivity index (χ0n) is 13.3. The number of ketones is 1. The van der Waals surface area contributed by atoms with Gasteiger partial charge in [0.05, 0.1) is 18.6 Å². The van der Waals surface area contributed by atoms with Crippen molar-refractivity contribution in [3.05, 3.63) is 34.9 Å². The Balaban J connectivity index is 2.43. The van der Waals surface area contributed by atoms with Crippen LogP contribution < -0.4 is 0 Å². The number of allylic oxidation sites excluding steroid dienone is 1. The van der Waals surface area contributed by atoms with E-state index in [4.69, 9.17) is 9.47 Å². The summed E-state index contributed by atoms with van der Waals surface area (Å²) in [7, 11) is 0. The van der Waals surface area contributed by atoms with Crippen molar-refractivity contribution >= 4 is 17.7 Å². The van der Waals surface area contributed by atoms with Crippen molar-refractivity contribution in [2.24, 2.45) is 0 Å². The molecule has 0 aromatic rings. The van der Waals surface area contributed by atoms with E-state index in [0.29, 0.717) is 29.6 Å². The first-order chi connectivity index (χ1) is 10.8. The van der Waals surface area contributed by atoms with E-state index in [1.165, 1.54) is 6.92 Å². The molecule has 2 unspecified atom stereocenters. The lowest BCUT2D eigenvalue weighted by Crippen LogP contribution is -2.24. The highest BCUT2D eigenvalue weighted by atomic mass is 16.6. The molecule has 0 spiro atoms. The molecule has 1 heterocycles. The summed E-state index contributed by atoms with van der Waals surface area (Å²) in [5, 5.41) is 9.38. The Morgan fingerprint density at radius 2 is 2.13 bits per heavy atom. The van der Waals surface area contributed by atoms with Crippen LogP contribution in [0.1, 0.15) is 33.1 Å². The van der Waals surface area contributed by atoms with E-state index < -0.39 is 30.8 Å². The maximum atomic E-state index is 12.2. The van der Waals surface area contributed by atoms with Crippen molar-refractivity contribution in [3.63, 3.8) is 0 Å². The fourth-order valence-electron chi connectivity index (χ4n) is 2.73. The zero-order chi connectivity index (χ0) is 17.1. The molecule has 0 radical (unpaired) electrons. The van der Waals surface area contributed by atoms with Crippen LogP contribution in [-0.2, 0) is 23.9 Å². The number of aliphatic hydroxyl groups excluding tert-OH is 1. The molecule has 0 amide bonds. The van der Waals surface area contributed by atoms with Crippen LogP contribution in [0.15, 0.2) is 34.9 Å². The largest absolute Gasteiger partial charge is 0.458 e. The molecule has 1 aliphatic carbocycles. The minimum absolute atomic E-state index is 0.0211. The van der Waals surface area contributed by atoms with E-state index in [1.807, 2.05) is 0 Å². The third-order valence-corrected chi connectivity index (χ3v) is 4.06. The molecule has 0 fully saturated rings. The smallest absolute Gasteiger partial charge is 0.337 e. The molecule has 23 heavy (non-hydrogen) atoms. The van der Waals surface area contributed by atoms with Gasteiger partial charge < -0.3 is 14.6 Å². The van der Waals surface area contributed by atoms with Crippen molar-refractivity contribution in [1.82, 2.24) is 0 Å². The standard InChI is InChI=1S/C17H20O6/c1-9-4-5-12-13(8-18)17(21)23-16(12)6-10(2)15(7-14(9)20)22-11(3)19/h6,15-16,18H,1,4-5,7-8H2,2-3H3/b10-6+. The van der Waals surface area contributed by atoms with Crippen LogP contribution in [0, 0.1) is 0 Å². The molecule has 0 bridgehead atoms. The number of fused-ring (bicyclic) bond motifs is 1. The van der Waals surface area contributed by atoms with E-state index in [9.17, 15) is 19.5 Å². The van der Waals surface area contributed by atoms with Gasteiger partial charge in [-0.25, -0.2) is 4.79 Å². The van der Waals surface area contributed by atoms with E-state index in [1.54, 1.807) is 13.0 Å². The van der Waals surface area contributed by atoms with E-state index in [2.05, 4.69) is 6.58 Å². The van der Waals surface area contributed by atoms with Gasteiger partial charge in [0.1, 0.15) is 12.2 Å². The number of aliphatic hydroxyl groups is 1. The third kappa shape index (κ3) is 3.76. The zero-order valence-corrected chi connectivity index (χ0v) is 13.3.